The quantitative estimate of drug-likeness (QED) is 0.486. The number of hydrogen-bond donors (Lipinski definition) is 2. The Bertz CT molecular complexity index is 601. The first-order valence-electron chi connectivity index (χ1n) is 6.99. The van der Waals surface area contributed by atoms with Crippen LogP contribution in [0, 0.1) is 19.7 Å². The first-order valence-corrected chi connectivity index (χ1v) is 7.98. The minimum Gasteiger partial charge on any atom is -0.271 e. The Kier molecular flexibility index (Phi) is 5.79. The van der Waals surface area contributed by atoms with Crippen molar-refractivity contribution in [3.63, 3.8) is 0 Å². The van der Waals surface area contributed by atoms with Crippen molar-refractivity contribution in [2.45, 2.75) is 31.2 Å². The second-order valence-corrected chi connectivity index (χ2v) is 6.30. The maximum atomic E-state index is 13.6. The smallest absolute Gasteiger partial charge is 0.136 e. The van der Waals surface area contributed by atoms with Crippen LogP contribution in [0.2, 0.25) is 0 Å². The number of nitrogens with two attached hydrogens (primary N) is 1. The molecule has 0 aromatic heterocycles. The topological polar surface area (TPSA) is 38.0 Å². The van der Waals surface area contributed by atoms with Crippen LogP contribution in [0.3, 0.4) is 0 Å². The Hall–Kier alpha value is -1.36. The highest BCUT2D eigenvalue weighted by Crippen LogP contribution is 2.23. The number of aryl methyl sites for hydroxylation is 2. The molecule has 0 saturated heterocycles. The second kappa shape index (κ2) is 7.59. The average molecular weight is 304 g/mol. The van der Waals surface area contributed by atoms with E-state index in [1.807, 2.05) is 6.07 Å². The Morgan fingerprint density at radius 1 is 1.19 bits per heavy atom. The van der Waals surface area contributed by atoms with Crippen LogP contribution in [-0.2, 0) is 6.42 Å². The highest BCUT2D eigenvalue weighted by Gasteiger charge is 2.12. The lowest BCUT2D eigenvalue weighted by atomic mass is 10.00. The third-order valence-electron chi connectivity index (χ3n) is 3.48. The fourth-order valence-corrected chi connectivity index (χ4v) is 3.18. The summed E-state index contributed by atoms with van der Waals surface area (Å²) >= 11 is 1.49. The third-order valence-corrected chi connectivity index (χ3v) is 4.69. The molecule has 21 heavy (non-hydrogen) atoms. The van der Waals surface area contributed by atoms with Gasteiger partial charge in [-0.1, -0.05) is 35.9 Å². The van der Waals surface area contributed by atoms with E-state index in [9.17, 15) is 4.39 Å². The fourth-order valence-electron chi connectivity index (χ4n) is 2.20. The summed E-state index contributed by atoms with van der Waals surface area (Å²) in [7, 11) is 0. The fraction of sp³-hybridized carbons (Fsp3) is 0.294. The zero-order valence-corrected chi connectivity index (χ0v) is 13.2. The maximum Gasteiger partial charge on any atom is 0.136 e. The molecule has 0 amide bonds. The summed E-state index contributed by atoms with van der Waals surface area (Å²) in [4.78, 5) is 0.665. The SMILES string of the molecule is Cc1ccc(C)c(CC(CSc2ccccc2F)NN)c1. The van der Waals surface area contributed by atoms with Crippen molar-refractivity contribution in [1.82, 2.24) is 5.43 Å². The number of benzene rings is 2. The van der Waals surface area contributed by atoms with Crippen LogP contribution in [-0.4, -0.2) is 11.8 Å². The molecular weight excluding hydrogens is 283 g/mol. The molecule has 0 heterocycles. The first kappa shape index (κ1) is 16.0. The van der Waals surface area contributed by atoms with Gasteiger partial charge in [0.25, 0.3) is 0 Å². The lowest BCUT2D eigenvalue weighted by Crippen LogP contribution is -2.38. The van der Waals surface area contributed by atoms with E-state index in [1.165, 1.54) is 34.5 Å². The number of hydrazine groups is 1. The highest BCUT2D eigenvalue weighted by molar-refractivity contribution is 7.99. The molecule has 3 N–H and O–H groups in total. The molecule has 0 radical (unpaired) electrons. The zero-order chi connectivity index (χ0) is 15.2. The number of rotatable bonds is 6. The highest BCUT2D eigenvalue weighted by atomic mass is 32.2. The number of nitrogens with one attached hydrogen (secondary N) is 1. The van der Waals surface area contributed by atoms with Gasteiger partial charge in [-0.05, 0) is 43.5 Å². The lowest BCUT2D eigenvalue weighted by Gasteiger charge is -2.17. The van der Waals surface area contributed by atoms with Crippen molar-refractivity contribution in [3.05, 3.63) is 65.0 Å². The number of thioether (sulfide) groups is 1. The average Bonchev–Trinajstić information content (AvgIpc) is 2.48. The van der Waals surface area contributed by atoms with E-state index in [1.54, 1.807) is 12.1 Å². The summed E-state index contributed by atoms with van der Waals surface area (Å²) in [5, 5.41) is 0. The molecule has 1 unspecified atom stereocenters. The van der Waals surface area contributed by atoms with Gasteiger partial charge in [0.05, 0.1) is 0 Å². The van der Waals surface area contributed by atoms with Crippen LogP contribution in [0.1, 0.15) is 16.7 Å². The van der Waals surface area contributed by atoms with Crippen molar-refractivity contribution in [3.8, 4) is 0 Å². The molecule has 0 spiro atoms. The zero-order valence-electron chi connectivity index (χ0n) is 12.4. The summed E-state index contributed by atoms with van der Waals surface area (Å²) in [6.45, 7) is 4.19. The lowest BCUT2D eigenvalue weighted by molar-refractivity contribution is 0.572. The van der Waals surface area contributed by atoms with Gasteiger partial charge in [-0.25, -0.2) is 4.39 Å². The Morgan fingerprint density at radius 2 is 1.95 bits per heavy atom. The van der Waals surface area contributed by atoms with E-state index >= 15 is 0 Å². The Morgan fingerprint density at radius 3 is 2.67 bits per heavy atom. The molecule has 4 heteroatoms. The molecule has 1 atom stereocenters. The van der Waals surface area contributed by atoms with Gasteiger partial charge in [0.15, 0.2) is 0 Å². The van der Waals surface area contributed by atoms with Crippen LogP contribution in [0.15, 0.2) is 47.4 Å². The normalized spacial score (nSPS) is 12.4. The molecule has 2 nitrogen and oxygen atoms in total. The van der Waals surface area contributed by atoms with Crippen molar-refractivity contribution >= 4 is 11.8 Å². The molecule has 0 saturated carbocycles. The third kappa shape index (κ3) is 4.56. The molecule has 0 aliphatic carbocycles. The molecule has 2 aromatic rings. The predicted octanol–water partition coefficient (Wildman–Crippen LogP) is 3.61. The Labute approximate surface area is 129 Å². The van der Waals surface area contributed by atoms with E-state index in [0.29, 0.717) is 4.90 Å². The molecule has 0 bridgehead atoms. The number of hydrogen-bond acceptors (Lipinski definition) is 3. The molecule has 2 aromatic carbocycles. The van der Waals surface area contributed by atoms with Crippen LogP contribution in [0.25, 0.3) is 0 Å². The van der Waals surface area contributed by atoms with Crippen molar-refractivity contribution in [2.75, 3.05) is 5.75 Å². The van der Waals surface area contributed by atoms with Crippen molar-refractivity contribution < 1.29 is 4.39 Å². The van der Waals surface area contributed by atoms with E-state index in [-0.39, 0.29) is 11.9 Å². The van der Waals surface area contributed by atoms with Gasteiger partial charge in [0, 0.05) is 16.7 Å². The monoisotopic (exact) mass is 304 g/mol. The van der Waals surface area contributed by atoms with Crippen LogP contribution in [0.5, 0.6) is 0 Å². The summed E-state index contributed by atoms with van der Waals surface area (Å²) in [6.07, 6.45) is 0.839. The molecule has 112 valence electrons. The maximum absolute atomic E-state index is 13.6. The van der Waals surface area contributed by atoms with Crippen LogP contribution >= 0.6 is 11.8 Å². The second-order valence-electron chi connectivity index (χ2n) is 5.24. The van der Waals surface area contributed by atoms with Gasteiger partial charge in [0.2, 0.25) is 0 Å². The summed E-state index contributed by atoms with van der Waals surface area (Å²) < 4.78 is 13.6. The molecule has 0 fully saturated rings. The van der Waals surface area contributed by atoms with Gasteiger partial charge >= 0.3 is 0 Å². The molecule has 2 rings (SSSR count). The number of halogens is 1. The van der Waals surface area contributed by atoms with E-state index in [0.717, 1.165) is 12.2 Å². The standard InChI is InChI=1S/C17H21FN2S/c1-12-7-8-13(2)14(9-12)10-15(20-19)11-21-17-6-4-3-5-16(17)18/h3-9,15,20H,10-11,19H2,1-2H3. The van der Waals surface area contributed by atoms with Gasteiger partial charge < -0.3 is 0 Å². The summed E-state index contributed by atoms with van der Waals surface area (Å²) in [5.74, 6) is 6.20. The van der Waals surface area contributed by atoms with Gasteiger partial charge in [-0.2, -0.15) is 0 Å². The van der Waals surface area contributed by atoms with E-state index < -0.39 is 0 Å². The summed E-state index contributed by atoms with van der Waals surface area (Å²) in [6, 6.07) is 13.4. The Balaban J connectivity index is 2.00. The van der Waals surface area contributed by atoms with Crippen molar-refractivity contribution in [1.29, 1.82) is 0 Å². The van der Waals surface area contributed by atoms with Gasteiger partial charge in [-0.3, -0.25) is 11.3 Å². The minimum atomic E-state index is -0.176. The van der Waals surface area contributed by atoms with E-state index in [2.05, 4.69) is 37.5 Å². The van der Waals surface area contributed by atoms with Gasteiger partial charge in [-0.15, -0.1) is 11.8 Å². The predicted molar refractivity (Wildman–Crippen MR) is 87.9 cm³/mol. The van der Waals surface area contributed by atoms with Crippen LogP contribution < -0.4 is 11.3 Å². The molecular formula is C17H21FN2S. The minimum absolute atomic E-state index is 0.107. The first-order chi connectivity index (χ1) is 10.1. The molecule has 0 aliphatic heterocycles. The summed E-state index contributed by atoms with van der Waals surface area (Å²) in [5.41, 5.74) is 6.63. The molecule has 0 aliphatic rings. The van der Waals surface area contributed by atoms with Crippen LogP contribution in [0.4, 0.5) is 4.39 Å². The van der Waals surface area contributed by atoms with Crippen molar-refractivity contribution in [2.24, 2.45) is 5.84 Å². The largest absolute Gasteiger partial charge is 0.271 e. The van der Waals surface area contributed by atoms with E-state index in [4.69, 9.17) is 5.84 Å². The van der Waals surface area contributed by atoms with Gasteiger partial charge in [0.1, 0.15) is 5.82 Å².